The summed E-state index contributed by atoms with van der Waals surface area (Å²) in [6.45, 7) is 0. The summed E-state index contributed by atoms with van der Waals surface area (Å²) in [5, 5.41) is 2.43. The molecule has 0 aliphatic rings. The van der Waals surface area contributed by atoms with Crippen LogP contribution in [0.25, 0.3) is 0 Å². The fourth-order valence-corrected chi connectivity index (χ4v) is 0.148. The molecule has 0 radical (unpaired) electrons. The van der Waals surface area contributed by atoms with E-state index in [1.54, 1.807) is 0 Å². The number of hydrogen-bond donors (Lipinski definition) is 2. The third-order valence-corrected chi connectivity index (χ3v) is 0.360. The van der Waals surface area contributed by atoms with Crippen LogP contribution < -0.4 is 9.81 Å². The molecule has 0 heterocycles. The van der Waals surface area contributed by atoms with Gasteiger partial charge in [0.1, 0.15) is 5.53 Å². The molecule has 0 amide bonds. The standard InChI is InChI=1S/H2N3O3P/c1-2-3-6-7(4)5/h1,4H. The zero-order valence-corrected chi connectivity index (χ0v) is 4.00. The van der Waals surface area contributed by atoms with Crippen LogP contribution in [0.15, 0.2) is 5.28 Å². The molecule has 7 heteroatoms. The number of nitrogens with zero attached hydrogens (tertiary/aromatic N) is 2. The summed E-state index contributed by atoms with van der Waals surface area (Å²) in [6.07, 6.45) is 0. The zero-order valence-electron chi connectivity index (χ0n) is 3.11. The van der Waals surface area contributed by atoms with E-state index >= 15 is 0 Å². The molecular formula is H2N3O3P. The van der Waals surface area contributed by atoms with E-state index in [4.69, 9.17) is 10.4 Å². The van der Waals surface area contributed by atoms with E-state index in [0.717, 1.165) is 0 Å². The minimum Gasteiger partial charge on any atom is -0.774 e. The van der Waals surface area contributed by atoms with Gasteiger partial charge in [-0.1, -0.05) is 0 Å². The highest BCUT2D eigenvalue weighted by Crippen LogP contribution is 2.17. The molecule has 6 nitrogen and oxygen atoms in total. The lowest BCUT2D eigenvalue weighted by atomic mass is 12.9. The molecule has 40 valence electrons. The highest BCUT2D eigenvalue weighted by molar-refractivity contribution is 7.37. The van der Waals surface area contributed by atoms with Gasteiger partial charge in [0.25, 0.3) is 4.91 Å². The molecule has 0 aromatic heterocycles. The molecule has 0 rings (SSSR count). The third-order valence-electron chi connectivity index (χ3n) is 0.147. The fourth-order valence-electron chi connectivity index (χ4n) is 0.0495. The summed E-state index contributed by atoms with van der Waals surface area (Å²) in [7, 11) is -2.74. The van der Waals surface area contributed by atoms with Gasteiger partial charge in [0.15, 0.2) is 8.60 Å². The highest BCUT2D eigenvalue weighted by Gasteiger charge is 1.84. The molecule has 0 aliphatic carbocycles. The summed E-state index contributed by atoms with van der Waals surface area (Å²) >= 11 is 0. The van der Waals surface area contributed by atoms with Crippen LogP contribution in [-0.2, 0) is 4.62 Å². The quantitative estimate of drug-likeness (QED) is 0.214. The van der Waals surface area contributed by atoms with Gasteiger partial charge >= 0.3 is 5.28 Å². The third kappa shape index (κ3) is 5.46. The molecule has 0 saturated heterocycles. The van der Waals surface area contributed by atoms with E-state index in [-0.39, 0.29) is 0 Å². The highest BCUT2D eigenvalue weighted by atomic mass is 31.2. The van der Waals surface area contributed by atoms with Gasteiger partial charge < -0.3 is 9.79 Å². The Balaban J connectivity index is 3.13. The number of nitrogens with one attached hydrogen (secondary N) is 1. The van der Waals surface area contributed by atoms with Crippen LogP contribution in [0.1, 0.15) is 0 Å². The van der Waals surface area contributed by atoms with Crippen molar-refractivity contribution < 1.29 is 14.4 Å². The van der Waals surface area contributed by atoms with Gasteiger partial charge in [-0.25, -0.2) is 0 Å². The Morgan fingerprint density at radius 2 is 2.57 bits per heavy atom. The maximum absolute atomic E-state index is 9.45. The molecule has 1 unspecified atom stereocenters. The lowest BCUT2D eigenvalue weighted by Gasteiger charge is -2.02. The SMILES string of the molecule is N=[N+]=NOP([O-])O. The van der Waals surface area contributed by atoms with Crippen molar-refractivity contribution >= 4 is 8.60 Å². The van der Waals surface area contributed by atoms with Crippen molar-refractivity contribution in [3.05, 3.63) is 0 Å². The second kappa shape index (κ2) is 3.64. The number of rotatable bonds is 2. The first kappa shape index (κ1) is 6.46. The second-order valence-corrected chi connectivity index (χ2v) is 1.14. The second-order valence-electron chi connectivity index (χ2n) is 0.501. The van der Waals surface area contributed by atoms with Gasteiger partial charge in [0.05, 0.1) is 0 Å². The predicted molar refractivity (Wildman–Crippen MR) is 17.5 cm³/mol. The molecule has 0 fully saturated rings. The Hall–Kier alpha value is -0.540. The van der Waals surface area contributed by atoms with Crippen LogP contribution in [0.2, 0.25) is 0 Å². The van der Waals surface area contributed by atoms with Crippen LogP contribution >= 0.6 is 8.60 Å². The van der Waals surface area contributed by atoms with E-state index in [2.05, 4.69) is 14.8 Å². The molecule has 0 aliphatic heterocycles. The van der Waals surface area contributed by atoms with Crippen molar-refractivity contribution in [3.8, 4) is 0 Å². The van der Waals surface area contributed by atoms with E-state index in [9.17, 15) is 4.89 Å². The average Bonchev–Trinajstić information content (AvgIpc) is 1.61. The van der Waals surface area contributed by atoms with Gasteiger partial charge in [0.2, 0.25) is 0 Å². The molecular weight excluding hydrogens is 121 g/mol. The predicted octanol–water partition coefficient (Wildman–Crippen LogP) is -0.952. The average molecular weight is 123 g/mol. The van der Waals surface area contributed by atoms with Crippen LogP contribution in [0, 0.1) is 5.53 Å². The van der Waals surface area contributed by atoms with Crippen LogP contribution in [0.3, 0.4) is 0 Å². The monoisotopic (exact) mass is 123 g/mol. The van der Waals surface area contributed by atoms with Crippen LogP contribution in [-0.4, -0.2) is 4.89 Å². The van der Waals surface area contributed by atoms with Gasteiger partial charge in [-0.15, -0.1) is 0 Å². The smallest absolute Gasteiger partial charge is 0.361 e. The van der Waals surface area contributed by atoms with Crippen molar-refractivity contribution in [2.24, 2.45) is 5.28 Å². The summed E-state index contributed by atoms with van der Waals surface area (Å²) in [5.74, 6) is 0. The largest absolute Gasteiger partial charge is 0.774 e. The molecule has 2 N–H and O–H groups in total. The lowest BCUT2D eigenvalue weighted by Crippen LogP contribution is -1.92. The topological polar surface area (TPSA) is 103 Å². The van der Waals surface area contributed by atoms with Gasteiger partial charge in [-0.2, -0.15) is 0 Å². The fraction of sp³-hybridized carbons (Fsp3) is 0. The van der Waals surface area contributed by atoms with Crippen LogP contribution in [0.4, 0.5) is 0 Å². The van der Waals surface area contributed by atoms with Crippen LogP contribution in [0.5, 0.6) is 0 Å². The normalized spacial score (nSPS) is 11.7. The van der Waals surface area contributed by atoms with E-state index in [1.807, 2.05) is 0 Å². The molecule has 0 aromatic carbocycles. The first-order chi connectivity index (χ1) is 3.27. The van der Waals surface area contributed by atoms with Crippen molar-refractivity contribution in [2.45, 2.75) is 0 Å². The Morgan fingerprint density at radius 1 is 2.00 bits per heavy atom. The Morgan fingerprint density at radius 3 is 2.71 bits per heavy atom. The molecule has 0 saturated carbocycles. The molecule has 1 atom stereocenters. The van der Waals surface area contributed by atoms with E-state index in [1.165, 1.54) is 0 Å². The minimum absolute atomic E-state index is 2.28. The maximum Gasteiger partial charge on any atom is 0.361 e. The summed E-state index contributed by atoms with van der Waals surface area (Å²) in [6, 6.07) is 0. The summed E-state index contributed by atoms with van der Waals surface area (Å²) in [5.41, 5.74) is 5.89. The zero-order chi connectivity index (χ0) is 5.70. The Labute approximate surface area is 39.9 Å². The Bertz CT molecular complexity index is 84.2. The summed E-state index contributed by atoms with van der Waals surface area (Å²) in [4.78, 5) is 19.5. The summed E-state index contributed by atoms with van der Waals surface area (Å²) < 4.78 is 3.53. The van der Waals surface area contributed by atoms with Crippen molar-refractivity contribution in [1.82, 2.24) is 4.91 Å². The van der Waals surface area contributed by atoms with Crippen molar-refractivity contribution in [3.63, 3.8) is 0 Å². The lowest BCUT2D eigenvalue weighted by molar-refractivity contribution is -0.200. The van der Waals surface area contributed by atoms with E-state index in [0.29, 0.717) is 0 Å². The molecule has 0 aromatic rings. The van der Waals surface area contributed by atoms with E-state index < -0.39 is 8.60 Å². The molecule has 0 bridgehead atoms. The first-order valence-corrected chi connectivity index (χ1v) is 2.30. The number of hydrogen-bond acceptors (Lipinski definition) is 5. The molecule has 0 spiro atoms. The van der Waals surface area contributed by atoms with Crippen molar-refractivity contribution in [1.29, 1.82) is 5.53 Å². The van der Waals surface area contributed by atoms with Gasteiger partial charge in [-0.05, 0) is 0 Å². The first-order valence-electron chi connectivity index (χ1n) is 1.17. The molecule has 7 heavy (non-hydrogen) atoms. The van der Waals surface area contributed by atoms with Gasteiger partial charge in [0, 0.05) is 0 Å². The Kier molecular flexibility index (Phi) is 3.36. The van der Waals surface area contributed by atoms with Crippen molar-refractivity contribution in [2.75, 3.05) is 0 Å². The van der Waals surface area contributed by atoms with Gasteiger partial charge in [-0.3, -0.25) is 4.62 Å². The minimum atomic E-state index is -2.74. The maximum atomic E-state index is 9.45.